The van der Waals surface area contributed by atoms with E-state index in [1.807, 2.05) is 6.92 Å². The highest BCUT2D eigenvalue weighted by molar-refractivity contribution is 7.92. The Labute approximate surface area is 185 Å². The van der Waals surface area contributed by atoms with Crippen LogP contribution < -0.4 is 9.62 Å². The van der Waals surface area contributed by atoms with E-state index < -0.39 is 32.0 Å². The fourth-order valence-electron chi connectivity index (χ4n) is 3.17. The molecule has 10 heteroatoms. The van der Waals surface area contributed by atoms with Gasteiger partial charge in [0.05, 0.1) is 16.8 Å². The van der Waals surface area contributed by atoms with E-state index in [2.05, 4.69) is 5.32 Å². The van der Waals surface area contributed by atoms with Gasteiger partial charge in [0.1, 0.15) is 6.04 Å². The summed E-state index contributed by atoms with van der Waals surface area (Å²) in [6, 6.07) is 11.6. The van der Waals surface area contributed by atoms with Crippen molar-refractivity contribution in [3.05, 3.63) is 54.1 Å². The molecule has 2 aromatic rings. The standard InChI is InChI=1S/C21H29N3O5S2/c1-6-23(7-2)31(28,29)20-14-10-18(11-15-20)22-21(25)17(4)24(30(5,26)27)19-12-8-16(3)9-13-19/h8-15,17H,6-7H2,1-5H3,(H,22,25)/t17-/m0/s1. The zero-order valence-corrected chi connectivity index (χ0v) is 20.0. The summed E-state index contributed by atoms with van der Waals surface area (Å²) in [7, 11) is -7.32. The topological polar surface area (TPSA) is 104 Å². The zero-order valence-electron chi connectivity index (χ0n) is 18.4. The van der Waals surface area contributed by atoms with Crippen molar-refractivity contribution in [2.75, 3.05) is 29.0 Å². The summed E-state index contributed by atoms with van der Waals surface area (Å²) in [6.07, 6.45) is 1.05. The lowest BCUT2D eigenvalue weighted by Crippen LogP contribution is -2.45. The van der Waals surface area contributed by atoms with Crippen LogP contribution in [0, 0.1) is 6.92 Å². The van der Waals surface area contributed by atoms with Gasteiger partial charge in [-0.2, -0.15) is 4.31 Å². The van der Waals surface area contributed by atoms with Gasteiger partial charge in [0.25, 0.3) is 0 Å². The van der Waals surface area contributed by atoms with Crippen LogP contribution in [0.3, 0.4) is 0 Å². The SMILES string of the molecule is CCN(CC)S(=O)(=O)c1ccc(NC(=O)[C@H](C)N(c2ccc(C)cc2)S(C)(=O)=O)cc1. The lowest BCUT2D eigenvalue weighted by molar-refractivity contribution is -0.116. The van der Waals surface area contributed by atoms with Crippen molar-refractivity contribution >= 4 is 37.3 Å². The van der Waals surface area contributed by atoms with Crippen LogP contribution in [-0.4, -0.2) is 52.4 Å². The first-order valence-electron chi connectivity index (χ1n) is 9.89. The highest BCUT2D eigenvalue weighted by atomic mass is 32.2. The van der Waals surface area contributed by atoms with E-state index in [-0.39, 0.29) is 4.90 Å². The summed E-state index contributed by atoms with van der Waals surface area (Å²) in [5.74, 6) is -0.537. The smallest absolute Gasteiger partial charge is 0.247 e. The van der Waals surface area contributed by atoms with Crippen LogP contribution in [0.5, 0.6) is 0 Å². The average molecular weight is 468 g/mol. The van der Waals surface area contributed by atoms with Gasteiger partial charge in [-0.3, -0.25) is 9.10 Å². The third-order valence-corrected chi connectivity index (χ3v) is 8.15. The number of amides is 1. The van der Waals surface area contributed by atoms with Crippen molar-refractivity contribution < 1.29 is 21.6 Å². The van der Waals surface area contributed by atoms with E-state index in [1.165, 1.54) is 35.5 Å². The van der Waals surface area contributed by atoms with Crippen molar-refractivity contribution in [3.8, 4) is 0 Å². The molecule has 0 heterocycles. The minimum absolute atomic E-state index is 0.125. The van der Waals surface area contributed by atoms with Crippen molar-refractivity contribution in [1.82, 2.24) is 4.31 Å². The summed E-state index contributed by atoms with van der Waals surface area (Å²) in [5, 5.41) is 2.66. The number of rotatable bonds is 9. The third-order valence-electron chi connectivity index (χ3n) is 4.84. The predicted octanol–water partition coefficient (Wildman–Crippen LogP) is 2.82. The normalized spacial score (nSPS) is 13.1. The molecule has 0 aliphatic heterocycles. The summed E-state index contributed by atoms with van der Waals surface area (Å²) in [4.78, 5) is 12.9. The molecule has 0 saturated carbocycles. The maximum absolute atomic E-state index is 12.8. The molecule has 0 fully saturated rings. The Morgan fingerprint density at radius 3 is 1.90 bits per heavy atom. The fraction of sp³-hybridized carbons (Fsp3) is 0.381. The van der Waals surface area contributed by atoms with Gasteiger partial charge >= 0.3 is 0 Å². The quantitative estimate of drug-likeness (QED) is 0.611. The molecule has 31 heavy (non-hydrogen) atoms. The summed E-state index contributed by atoms with van der Waals surface area (Å²) in [6.45, 7) is 7.62. The molecule has 0 aromatic heterocycles. The Bertz CT molecular complexity index is 1110. The monoisotopic (exact) mass is 467 g/mol. The second-order valence-electron chi connectivity index (χ2n) is 7.17. The van der Waals surface area contributed by atoms with E-state index in [4.69, 9.17) is 0 Å². The number of nitrogens with one attached hydrogen (secondary N) is 1. The van der Waals surface area contributed by atoms with Gasteiger partial charge in [-0.15, -0.1) is 0 Å². The molecule has 0 bridgehead atoms. The highest BCUT2D eigenvalue weighted by Crippen LogP contribution is 2.23. The molecule has 170 valence electrons. The zero-order chi connectivity index (χ0) is 23.4. The van der Waals surface area contributed by atoms with Crippen molar-refractivity contribution in [2.24, 2.45) is 0 Å². The van der Waals surface area contributed by atoms with E-state index in [1.54, 1.807) is 38.1 Å². The molecule has 1 N–H and O–H groups in total. The minimum atomic E-state index is -3.72. The average Bonchev–Trinajstić information content (AvgIpc) is 2.69. The van der Waals surface area contributed by atoms with Crippen LogP contribution in [0.25, 0.3) is 0 Å². The van der Waals surface area contributed by atoms with E-state index >= 15 is 0 Å². The number of sulfonamides is 2. The van der Waals surface area contributed by atoms with E-state index in [0.29, 0.717) is 24.5 Å². The molecule has 0 aliphatic rings. The molecule has 0 aliphatic carbocycles. The van der Waals surface area contributed by atoms with Gasteiger partial charge in [-0.1, -0.05) is 31.5 Å². The highest BCUT2D eigenvalue weighted by Gasteiger charge is 2.29. The molecular formula is C21H29N3O5S2. The maximum Gasteiger partial charge on any atom is 0.247 e. The van der Waals surface area contributed by atoms with Crippen LogP contribution in [0.1, 0.15) is 26.3 Å². The van der Waals surface area contributed by atoms with Crippen molar-refractivity contribution in [2.45, 2.75) is 38.6 Å². The number of benzene rings is 2. The Kier molecular flexibility index (Phi) is 7.85. The summed E-state index contributed by atoms with van der Waals surface area (Å²) >= 11 is 0. The van der Waals surface area contributed by atoms with E-state index in [9.17, 15) is 21.6 Å². The Morgan fingerprint density at radius 2 is 1.45 bits per heavy atom. The first-order valence-corrected chi connectivity index (χ1v) is 13.2. The number of hydrogen-bond donors (Lipinski definition) is 1. The maximum atomic E-state index is 12.8. The van der Waals surface area contributed by atoms with Gasteiger partial charge in [-0.05, 0) is 50.2 Å². The van der Waals surface area contributed by atoms with Gasteiger partial charge in [-0.25, -0.2) is 16.8 Å². The second kappa shape index (κ2) is 9.80. The van der Waals surface area contributed by atoms with Gasteiger partial charge in [0, 0.05) is 18.8 Å². The van der Waals surface area contributed by atoms with Crippen LogP contribution >= 0.6 is 0 Å². The first-order chi connectivity index (χ1) is 14.4. The number of aryl methyl sites for hydroxylation is 1. The first kappa shape index (κ1) is 24.8. The van der Waals surface area contributed by atoms with Gasteiger partial charge < -0.3 is 5.32 Å². The van der Waals surface area contributed by atoms with Crippen LogP contribution in [-0.2, 0) is 24.8 Å². The molecule has 0 unspecified atom stereocenters. The number of carbonyl (C=O) groups excluding carboxylic acids is 1. The van der Waals surface area contributed by atoms with Crippen LogP contribution in [0.15, 0.2) is 53.4 Å². The third kappa shape index (κ3) is 5.84. The van der Waals surface area contributed by atoms with Gasteiger partial charge in [0.15, 0.2) is 0 Å². The van der Waals surface area contributed by atoms with Gasteiger partial charge in [0.2, 0.25) is 26.0 Å². The Morgan fingerprint density at radius 1 is 0.935 bits per heavy atom. The number of anilines is 2. The molecule has 2 rings (SSSR count). The molecule has 1 amide bonds. The molecule has 0 spiro atoms. The fourth-order valence-corrected chi connectivity index (χ4v) is 5.80. The largest absolute Gasteiger partial charge is 0.324 e. The molecule has 8 nitrogen and oxygen atoms in total. The predicted molar refractivity (Wildman–Crippen MR) is 123 cm³/mol. The number of hydrogen-bond acceptors (Lipinski definition) is 5. The molecular weight excluding hydrogens is 438 g/mol. The Balaban J connectivity index is 2.24. The lowest BCUT2D eigenvalue weighted by atomic mass is 10.2. The summed E-state index contributed by atoms with van der Waals surface area (Å²) < 4.78 is 52.3. The molecule has 0 radical (unpaired) electrons. The number of carbonyl (C=O) groups is 1. The van der Waals surface area contributed by atoms with Crippen molar-refractivity contribution in [3.63, 3.8) is 0 Å². The van der Waals surface area contributed by atoms with Crippen LogP contribution in [0.2, 0.25) is 0 Å². The molecule has 0 saturated heterocycles. The summed E-state index contributed by atoms with van der Waals surface area (Å²) in [5.41, 5.74) is 1.72. The molecule has 1 atom stereocenters. The second-order valence-corrected chi connectivity index (χ2v) is 11.0. The lowest BCUT2D eigenvalue weighted by Gasteiger charge is -2.28. The van der Waals surface area contributed by atoms with Crippen molar-refractivity contribution in [1.29, 1.82) is 0 Å². The molecule has 2 aromatic carbocycles. The van der Waals surface area contributed by atoms with E-state index in [0.717, 1.165) is 16.1 Å². The minimum Gasteiger partial charge on any atom is -0.324 e. The van der Waals surface area contributed by atoms with Crippen LogP contribution in [0.4, 0.5) is 11.4 Å². The Hall–Kier alpha value is -2.43. The number of nitrogens with zero attached hydrogens (tertiary/aromatic N) is 2.